The van der Waals surface area contributed by atoms with Gasteiger partial charge in [0.2, 0.25) is 0 Å². The average molecular weight is 323 g/mol. The van der Waals surface area contributed by atoms with Crippen LogP contribution in [0.2, 0.25) is 0 Å². The van der Waals surface area contributed by atoms with Crippen LogP contribution in [0.1, 0.15) is 50.6 Å². The molecule has 0 unspecified atom stereocenters. The van der Waals surface area contributed by atoms with Gasteiger partial charge in [0.05, 0.1) is 6.04 Å². The zero-order valence-electron chi connectivity index (χ0n) is 14.2. The van der Waals surface area contributed by atoms with Gasteiger partial charge in [-0.25, -0.2) is 4.79 Å². The van der Waals surface area contributed by atoms with Gasteiger partial charge in [-0.1, -0.05) is 43.5 Å². The lowest BCUT2D eigenvalue weighted by atomic mass is 9.92. The first kappa shape index (κ1) is 16.5. The predicted molar refractivity (Wildman–Crippen MR) is 96.8 cm³/mol. The highest BCUT2D eigenvalue weighted by Crippen LogP contribution is 2.30. The lowest BCUT2D eigenvalue weighted by Gasteiger charge is -2.38. The maximum atomic E-state index is 13.0. The standard InChI is InChI=1S/C20H25N3O/c1-16(17-9-8-14-21-15-17)23(19-12-6-3-7-13-19)20(24)22-18-10-4-2-5-11-18/h2,4-5,8-11,14-16,19H,3,6-7,12-13H2,1H3,(H,22,24)/t16-/m1/s1. The molecule has 1 saturated carbocycles. The number of rotatable bonds is 4. The van der Waals surface area contributed by atoms with Crippen molar-refractivity contribution in [3.63, 3.8) is 0 Å². The van der Waals surface area contributed by atoms with Gasteiger partial charge in [-0.3, -0.25) is 4.98 Å². The number of nitrogens with one attached hydrogen (secondary N) is 1. The van der Waals surface area contributed by atoms with E-state index in [-0.39, 0.29) is 18.1 Å². The highest BCUT2D eigenvalue weighted by atomic mass is 16.2. The highest BCUT2D eigenvalue weighted by Gasteiger charge is 2.30. The Morgan fingerprint density at radius 3 is 2.54 bits per heavy atom. The van der Waals surface area contributed by atoms with Gasteiger partial charge >= 0.3 is 6.03 Å². The molecule has 0 bridgehead atoms. The molecule has 1 heterocycles. The molecule has 126 valence electrons. The molecule has 1 aliphatic rings. The number of hydrogen-bond donors (Lipinski definition) is 1. The molecule has 24 heavy (non-hydrogen) atoms. The quantitative estimate of drug-likeness (QED) is 0.859. The Labute approximate surface area is 143 Å². The van der Waals surface area contributed by atoms with Gasteiger partial charge < -0.3 is 10.2 Å². The van der Waals surface area contributed by atoms with E-state index in [1.54, 1.807) is 6.20 Å². The second kappa shape index (κ2) is 7.95. The summed E-state index contributed by atoms with van der Waals surface area (Å²) in [6.07, 6.45) is 9.44. The van der Waals surface area contributed by atoms with Gasteiger partial charge in [-0.2, -0.15) is 0 Å². The van der Waals surface area contributed by atoms with Gasteiger partial charge in [-0.15, -0.1) is 0 Å². The third kappa shape index (κ3) is 3.94. The normalized spacial score (nSPS) is 16.4. The molecule has 1 atom stereocenters. The molecule has 1 aromatic carbocycles. The molecule has 0 aliphatic heterocycles. The molecule has 0 saturated heterocycles. The Balaban J connectivity index is 1.82. The van der Waals surface area contributed by atoms with Crippen molar-refractivity contribution in [2.45, 2.75) is 51.1 Å². The topological polar surface area (TPSA) is 45.2 Å². The summed E-state index contributed by atoms with van der Waals surface area (Å²) in [5, 5.41) is 3.06. The number of carbonyl (C=O) groups is 1. The van der Waals surface area contributed by atoms with Crippen LogP contribution in [-0.2, 0) is 0 Å². The number of aromatic nitrogens is 1. The van der Waals surface area contributed by atoms with Crippen LogP contribution < -0.4 is 5.32 Å². The smallest absolute Gasteiger partial charge is 0.315 e. The summed E-state index contributed by atoms with van der Waals surface area (Å²) < 4.78 is 0. The van der Waals surface area contributed by atoms with Gasteiger partial charge in [0.1, 0.15) is 0 Å². The van der Waals surface area contributed by atoms with E-state index in [1.807, 2.05) is 53.6 Å². The number of carbonyl (C=O) groups excluding carboxylic acids is 1. The second-order valence-corrected chi connectivity index (χ2v) is 6.46. The van der Waals surface area contributed by atoms with Crippen molar-refractivity contribution >= 4 is 11.7 Å². The molecular formula is C20H25N3O. The van der Waals surface area contributed by atoms with Gasteiger partial charge in [0.15, 0.2) is 0 Å². The molecule has 2 aromatic rings. The molecule has 2 amide bonds. The van der Waals surface area contributed by atoms with Crippen molar-refractivity contribution in [1.82, 2.24) is 9.88 Å². The third-order valence-electron chi connectivity index (χ3n) is 4.81. The van der Waals surface area contributed by atoms with E-state index in [4.69, 9.17) is 0 Å². The zero-order chi connectivity index (χ0) is 16.8. The molecular weight excluding hydrogens is 298 g/mol. The second-order valence-electron chi connectivity index (χ2n) is 6.46. The maximum Gasteiger partial charge on any atom is 0.322 e. The van der Waals surface area contributed by atoms with Crippen LogP contribution in [0.4, 0.5) is 10.5 Å². The van der Waals surface area contributed by atoms with Crippen LogP contribution >= 0.6 is 0 Å². The molecule has 1 aliphatic carbocycles. The summed E-state index contributed by atoms with van der Waals surface area (Å²) in [5.41, 5.74) is 1.91. The fraction of sp³-hybridized carbons (Fsp3) is 0.400. The summed E-state index contributed by atoms with van der Waals surface area (Å²) in [6, 6.07) is 13.9. The number of nitrogens with zero attached hydrogens (tertiary/aromatic N) is 2. The summed E-state index contributed by atoms with van der Waals surface area (Å²) in [6.45, 7) is 2.09. The molecule has 1 aromatic heterocycles. The van der Waals surface area contributed by atoms with Gasteiger partial charge in [-0.05, 0) is 43.5 Å². The predicted octanol–water partition coefficient (Wildman–Crippen LogP) is 5.01. The number of amides is 2. The number of para-hydroxylation sites is 1. The van der Waals surface area contributed by atoms with E-state index in [2.05, 4.69) is 17.2 Å². The first-order valence-electron chi connectivity index (χ1n) is 8.80. The maximum absolute atomic E-state index is 13.0. The van der Waals surface area contributed by atoms with E-state index in [9.17, 15) is 4.79 Å². The molecule has 1 fully saturated rings. The summed E-state index contributed by atoms with van der Waals surface area (Å²) in [5.74, 6) is 0. The van der Waals surface area contributed by atoms with Gasteiger partial charge in [0.25, 0.3) is 0 Å². The van der Waals surface area contributed by atoms with Crippen LogP contribution in [0, 0.1) is 0 Å². The van der Waals surface area contributed by atoms with Crippen LogP contribution in [0.15, 0.2) is 54.9 Å². The van der Waals surface area contributed by atoms with E-state index < -0.39 is 0 Å². The average Bonchev–Trinajstić information content (AvgIpc) is 2.64. The lowest BCUT2D eigenvalue weighted by molar-refractivity contribution is 0.139. The minimum absolute atomic E-state index is 0.00510. The summed E-state index contributed by atoms with van der Waals surface area (Å²) >= 11 is 0. The Kier molecular flexibility index (Phi) is 5.47. The monoisotopic (exact) mass is 323 g/mol. The largest absolute Gasteiger partial charge is 0.322 e. The first-order chi connectivity index (χ1) is 11.8. The van der Waals surface area contributed by atoms with Crippen LogP contribution in [0.3, 0.4) is 0 Å². The molecule has 1 N–H and O–H groups in total. The van der Waals surface area contributed by atoms with Crippen molar-refractivity contribution in [3.8, 4) is 0 Å². The minimum atomic E-state index is -0.0237. The molecule has 0 radical (unpaired) electrons. The fourth-order valence-corrected chi connectivity index (χ4v) is 3.51. The van der Waals surface area contributed by atoms with E-state index in [0.717, 1.165) is 24.1 Å². The highest BCUT2D eigenvalue weighted by molar-refractivity contribution is 5.89. The van der Waals surface area contributed by atoms with Crippen LogP contribution in [0.25, 0.3) is 0 Å². The molecule has 3 rings (SSSR count). The number of pyridine rings is 1. The Hall–Kier alpha value is -2.36. The molecule has 4 nitrogen and oxygen atoms in total. The van der Waals surface area contributed by atoms with E-state index >= 15 is 0 Å². The van der Waals surface area contributed by atoms with E-state index in [0.29, 0.717) is 0 Å². The Morgan fingerprint density at radius 2 is 1.88 bits per heavy atom. The van der Waals surface area contributed by atoms with Gasteiger partial charge in [0, 0.05) is 24.1 Å². The Morgan fingerprint density at radius 1 is 1.12 bits per heavy atom. The fourth-order valence-electron chi connectivity index (χ4n) is 3.51. The third-order valence-corrected chi connectivity index (χ3v) is 4.81. The lowest BCUT2D eigenvalue weighted by Crippen LogP contribution is -2.45. The number of anilines is 1. The van der Waals surface area contributed by atoms with Crippen molar-refractivity contribution in [2.24, 2.45) is 0 Å². The van der Waals surface area contributed by atoms with Crippen LogP contribution in [0.5, 0.6) is 0 Å². The van der Waals surface area contributed by atoms with Crippen molar-refractivity contribution in [1.29, 1.82) is 0 Å². The summed E-state index contributed by atoms with van der Waals surface area (Å²) in [7, 11) is 0. The number of hydrogen-bond acceptors (Lipinski definition) is 2. The Bertz CT molecular complexity index is 638. The zero-order valence-corrected chi connectivity index (χ0v) is 14.2. The van der Waals surface area contributed by atoms with Crippen molar-refractivity contribution < 1.29 is 4.79 Å². The molecule has 0 spiro atoms. The SMILES string of the molecule is C[C@H](c1cccnc1)N(C(=O)Nc1ccccc1)C1CCCCC1. The van der Waals surface area contributed by atoms with Crippen LogP contribution in [-0.4, -0.2) is 22.0 Å². The van der Waals surface area contributed by atoms with E-state index in [1.165, 1.54) is 19.3 Å². The number of urea groups is 1. The molecule has 4 heteroatoms. The van der Waals surface area contributed by atoms with Crippen molar-refractivity contribution in [3.05, 3.63) is 60.4 Å². The number of benzene rings is 1. The first-order valence-corrected chi connectivity index (χ1v) is 8.80. The van der Waals surface area contributed by atoms with Crippen molar-refractivity contribution in [2.75, 3.05) is 5.32 Å². The minimum Gasteiger partial charge on any atom is -0.315 e. The summed E-state index contributed by atoms with van der Waals surface area (Å²) in [4.78, 5) is 19.3.